The first-order valence-electron chi connectivity index (χ1n) is 18.1. The third kappa shape index (κ3) is 9.37. The van der Waals surface area contributed by atoms with E-state index in [0.717, 1.165) is 0 Å². The fraction of sp³-hybridized carbons (Fsp3) is 0.317. The number of amides is 2. The van der Waals surface area contributed by atoms with Gasteiger partial charge in [-0.1, -0.05) is 59.6 Å². The molecule has 1 fully saturated rings. The molecule has 2 amide bonds. The summed E-state index contributed by atoms with van der Waals surface area (Å²) in [6.07, 6.45) is 3.44. The minimum atomic E-state index is -1.23. The molecule has 16 heteroatoms. The number of rotatable bonds is 13. The quantitative estimate of drug-likeness (QED) is 0.110. The van der Waals surface area contributed by atoms with Gasteiger partial charge in [0.1, 0.15) is 17.3 Å². The predicted octanol–water partition coefficient (Wildman–Crippen LogP) is 5.96. The van der Waals surface area contributed by atoms with Crippen molar-refractivity contribution in [2.24, 2.45) is 0 Å². The zero-order valence-electron chi connectivity index (χ0n) is 31.7. The molecule has 6 rings (SSSR count). The second kappa shape index (κ2) is 17.3. The van der Waals surface area contributed by atoms with E-state index in [2.05, 4.69) is 15.6 Å². The first-order chi connectivity index (χ1) is 27.2. The number of carboxylic acids is 1. The fourth-order valence-corrected chi connectivity index (χ4v) is 7.16. The normalized spacial score (nSPS) is 14.6. The Labute approximate surface area is 338 Å². The average molecular weight is 818 g/mol. The van der Waals surface area contributed by atoms with Gasteiger partial charge in [-0.25, -0.2) is 14.8 Å². The molecule has 0 saturated carbocycles. The maximum Gasteiger partial charge on any atom is 0.410 e. The molecule has 2 aromatic carbocycles. The van der Waals surface area contributed by atoms with Crippen molar-refractivity contribution < 1.29 is 34.1 Å². The van der Waals surface area contributed by atoms with Gasteiger partial charge in [-0.3, -0.25) is 24.1 Å². The number of benzene rings is 2. The lowest BCUT2D eigenvalue weighted by molar-refractivity contribution is -0.140. The maximum atomic E-state index is 13.3. The molecule has 0 aliphatic carbocycles. The number of halogens is 2. The summed E-state index contributed by atoms with van der Waals surface area (Å²) in [5.41, 5.74) is 3.91. The van der Waals surface area contributed by atoms with Crippen LogP contribution in [0.3, 0.4) is 0 Å². The zero-order chi connectivity index (χ0) is 41.0. The molecule has 5 aromatic rings. The Bertz CT molecular complexity index is 2400. The Balaban J connectivity index is 1.28. The number of carboxylic acid groups (broad SMARTS) is 1. The van der Waals surface area contributed by atoms with Gasteiger partial charge in [0.05, 0.1) is 41.6 Å². The van der Waals surface area contributed by atoms with Gasteiger partial charge in [-0.05, 0) is 57.0 Å². The summed E-state index contributed by atoms with van der Waals surface area (Å²) in [6.45, 7) is 5.05. The van der Waals surface area contributed by atoms with Crippen LogP contribution in [0.4, 0.5) is 4.79 Å². The SMILES string of the molecule is COc1nc(-c2cccc(-c3cccc(-c4ccn5c(=O)c(CN[C@@H](CO)C(=O)O)cnc5c4)c3Cl)c2Cl)ccc1CN(C[C@@H]1CCC(=O)N1)C(=O)OC(C)(C)C. The summed E-state index contributed by atoms with van der Waals surface area (Å²) in [5, 5.41) is 24.8. The number of methoxy groups -OCH3 is 1. The summed E-state index contributed by atoms with van der Waals surface area (Å²) in [6, 6.07) is 16.7. The van der Waals surface area contributed by atoms with Crippen molar-refractivity contribution in [2.45, 2.75) is 64.4 Å². The van der Waals surface area contributed by atoms with Gasteiger partial charge < -0.3 is 29.9 Å². The third-order valence-electron chi connectivity index (χ3n) is 9.35. The molecular formula is C41H42Cl2N6O8. The molecule has 0 radical (unpaired) electrons. The predicted molar refractivity (Wildman–Crippen MR) is 215 cm³/mol. The molecule has 1 saturated heterocycles. The third-order valence-corrected chi connectivity index (χ3v) is 10.2. The van der Waals surface area contributed by atoms with E-state index in [1.165, 1.54) is 17.7 Å². The second-order valence-corrected chi connectivity index (χ2v) is 15.3. The van der Waals surface area contributed by atoms with Gasteiger partial charge in [0.25, 0.3) is 5.56 Å². The van der Waals surface area contributed by atoms with Crippen molar-refractivity contribution in [2.75, 3.05) is 20.3 Å². The maximum absolute atomic E-state index is 13.3. The number of aliphatic hydroxyl groups excluding tert-OH is 1. The lowest BCUT2D eigenvalue weighted by atomic mass is 9.97. The highest BCUT2D eigenvalue weighted by Gasteiger charge is 2.29. The van der Waals surface area contributed by atoms with Crippen molar-refractivity contribution in [1.29, 1.82) is 0 Å². The van der Waals surface area contributed by atoms with Gasteiger partial charge in [0.15, 0.2) is 0 Å². The van der Waals surface area contributed by atoms with Crippen LogP contribution in [0.25, 0.3) is 39.2 Å². The van der Waals surface area contributed by atoms with Crippen LogP contribution in [-0.4, -0.2) is 85.4 Å². The highest BCUT2D eigenvalue weighted by atomic mass is 35.5. The number of pyridine rings is 2. The summed E-state index contributed by atoms with van der Waals surface area (Å²) in [5.74, 6) is -0.993. The van der Waals surface area contributed by atoms with E-state index in [0.29, 0.717) is 73.5 Å². The molecule has 57 heavy (non-hydrogen) atoms. The number of aromatic nitrogens is 3. The number of fused-ring (bicyclic) bond motifs is 1. The lowest BCUT2D eigenvalue weighted by Gasteiger charge is -2.29. The summed E-state index contributed by atoms with van der Waals surface area (Å²) in [4.78, 5) is 60.4. The monoisotopic (exact) mass is 816 g/mol. The van der Waals surface area contributed by atoms with Crippen LogP contribution >= 0.6 is 23.2 Å². The van der Waals surface area contributed by atoms with E-state index >= 15 is 0 Å². The van der Waals surface area contributed by atoms with E-state index in [1.807, 2.05) is 42.5 Å². The van der Waals surface area contributed by atoms with Gasteiger partial charge in [0, 0.05) is 65.8 Å². The first kappa shape index (κ1) is 41.1. The summed E-state index contributed by atoms with van der Waals surface area (Å²) in [7, 11) is 1.50. The van der Waals surface area contributed by atoms with E-state index in [1.54, 1.807) is 50.1 Å². The average Bonchev–Trinajstić information content (AvgIpc) is 3.59. The molecule has 0 spiro atoms. The van der Waals surface area contributed by atoms with Gasteiger partial charge in [0.2, 0.25) is 11.8 Å². The molecule has 3 aromatic heterocycles. The highest BCUT2D eigenvalue weighted by Crippen LogP contribution is 2.42. The number of hydrogen-bond donors (Lipinski definition) is 4. The summed E-state index contributed by atoms with van der Waals surface area (Å²) >= 11 is 14.2. The zero-order valence-corrected chi connectivity index (χ0v) is 33.2. The molecule has 0 unspecified atom stereocenters. The largest absolute Gasteiger partial charge is 0.481 e. The van der Waals surface area contributed by atoms with E-state index < -0.39 is 30.3 Å². The van der Waals surface area contributed by atoms with Crippen LogP contribution in [0.5, 0.6) is 5.88 Å². The van der Waals surface area contributed by atoms with Crippen molar-refractivity contribution in [1.82, 2.24) is 29.9 Å². The van der Waals surface area contributed by atoms with Crippen LogP contribution in [0, 0.1) is 0 Å². The number of ether oxygens (including phenoxy) is 2. The Hall–Kier alpha value is -5.54. The highest BCUT2D eigenvalue weighted by molar-refractivity contribution is 6.39. The molecule has 1 aliphatic heterocycles. The number of aliphatic carboxylic acids is 1. The van der Waals surface area contributed by atoms with E-state index in [9.17, 15) is 29.4 Å². The van der Waals surface area contributed by atoms with Crippen molar-refractivity contribution in [3.63, 3.8) is 0 Å². The van der Waals surface area contributed by atoms with E-state index in [-0.39, 0.29) is 42.7 Å². The van der Waals surface area contributed by atoms with Crippen molar-refractivity contribution in [3.8, 4) is 39.4 Å². The minimum absolute atomic E-state index is 0.0523. The fourth-order valence-electron chi connectivity index (χ4n) is 6.50. The molecule has 1 aliphatic rings. The van der Waals surface area contributed by atoms with Crippen molar-refractivity contribution >= 4 is 46.8 Å². The topological polar surface area (TPSA) is 185 Å². The van der Waals surface area contributed by atoms with Crippen molar-refractivity contribution in [3.05, 3.63) is 105 Å². The number of nitrogens with one attached hydrogen (secondary N) is 2. The molecule has 2 atom stereocenters. The molecule has 4 heterocycles. The summed E-state index contributed by atoms with van der Waals surface area (Å²) < 4.78 is 12.8. The molecule has 0 bridgehead atoms. The van der Waals surface area contributed by atoms with Gasteiger partial charge in [-0.2, -0.15) is 0 Å². The smallest absolute Gasteiger partial charge is 0.410 e. The van der Waals surface area contributed by atoms with Crippen LogP contribution in [0.15, 0.2) is 77.9 Å². The minimum Gasteiger partial charge on any atom is -0.481 e. The van der Waals surface area contributed by atoms with E-state index in [4.69, 9.17) is 37.7 Å². The Kier molecular flexibility index (Phi) is 12.5. The Morgan fingerprint density at radius 3 is 2.33 bits per heavy atom. The molecule has 14 nitrogen and oxygen atoms in total. The van der Waals surface area contributed by atoms with Crippen LogP contribution < -0.4 is 20.9 Å². The Morgan fingerprint density at radius 2 is 1.70 bits per heavy atom. The number of hydrogen-bond acceptors (Lipinski definition) is 10. The second-order valence-electron chi connectivity index (χ2n) is 14.5. The van der Waals surface area contributed by atoms with Gasteiger partial charge in [-0.15, -0.1) is 0 Å². The number of aliphatic hydroxyl groups is 1. The first-order valence-corrected chi connectivity index (χ1v) is 18.9. The van der Waals surface area contributed by atoms with Crippen LogP contribution in [0.1, 0.15) is 44.7 Å². The Morgan fingerprint density at radius 1 is 1.02 bits per heavy atom. The molecule has 4 N–H and O–H groups in total. The van der Waals surface area contributed by atoms with Gasteiger partial charge >= 0.3 is 12.1 Å². The lowest BCUT2D eigenvalue weighted by Crippen LogP contribution is -2.43. The van der Waals surface area contributed by atoms with Crippen LogP contribution in [-0.2, 0) is 27.4 Å². The standard InChI is InChI=1S/C41H42Cl2N6O8/c1-41(2,3)57-40(55)48(21-26-12-14-34(51)46-26)20-24-11-13-31(47-37(24)56-4)30-10-6-9-29(36(30)43)28-8-5-7-27(35(28)42)23-15-16-49-33(17-23)45-19-25(38(49)52)18-44-32(22-50)39(53)54/h5-11,13,15-17,19,26,32,44,50H,12,14,18,20-22H2,1-4H3,(H,46,51)(H,53,54)/t26-,32-/m0/s1. The molecular weight excluding hydrogens is 775 g/mol. The van der Waals surface area contributed by atoms with Crippen LogP contribution in [0.2, 0.25) is 10.0 Å². The number of nitrogens with zero attached hydrogens (tertiary/aromatic N) is 4. The number of carbonyl (C=O) groups is 3. The molecule has 298 valence electrons. The number of carbonyl (C=O) groups excluding carboxylic acids is 2.